The molecular weight excluding hydrogens is 160 g/mol. The van der Waals surface area contributed by atoms with Gasteiger partial charge in [0.1, 0.15) is 0 Å². The number of hydrogen-bond donors (Lipinski definition) is 0. The van der Waals surface area contributed by atoms with Crippen LogP contribution >= 0.6 is 0 Å². The first kappa shape index (κ1) is 12.5. The van der Waals surface area contributed by atoms with E-state index >= 15 is 0 Å². The van der Waals surface area contributed by atoms with Crippen LogP contribution in [0.5, 0.6) is 0 Å². The fourth-order valence-corrected chi connectivity index (χ4v) is 0.745. The van der Waals surface area contributed by atoms with E-state index in [1.54, 1.807) is 0 Å². The molecule has 0 bridgehead atoms. The van der Waals surface area contributed by atoms with E-state index in [1.807, 2.05) is 0 Å². The zero-order chi connectivity index (χ0) is 10.3. The van der Waals surface area contributed by atoms with Crippen molar-refractivity contribution >= 4 is 0 Å². The van der Waals surface area contributed by atoms with Crippen LogP contribution in [0.3, 0.4) is 0 Å². The van der Waals surface area contributed by atoms with Gasteiger partial charge in [-0.1, -0.05) is 20.8 Å². The molecule has 0 saturated carbocycles. The second-order valence-corrected chi connectivity index (χ2v) is 4.06. The van der Waals surface area contributed by atoms with Gasteiger partial charge in [0.2, 0.25) is 0 Å². The molecule has 0 amide bonds. The number of rotatable bonds is 4. The topological polar surface area (TPSA) is 9.23 Å². The van der Waals surface area contributed by atoms with Crippen molar-refractivity contribution in [2.75, 3.05) is 6.61 Å². The standard InChI is InChI=1S/C12H22O/c1-6-7-8-9-10-13-12(4,5)11(2)3/h11H,6,9-10H2,1-5H3. The molecule has 0 aliphatic rings. The van der Waals surface area contributed by atoms with Crippen molar-refractivity contribution in [2.24, 2.45) is 5.92 Å². The number of ether oxygens (including phenoxy) is 1. The third-order valence-electron chi connectivity index (χ3n) is 2.39. The lowest BCUT2D eigenvalue weighted by Gasteiger charge is -2.29. The van der Waals surface area contributed by atoms with Crippen LogP contribution < -0.4 is 0 Å². The van der Waals surface area contributed by atoms with E-state index in [0.717, 1.165) is 19.4 Å². The molecule has 0 radical (unpaired) electrons. The third kappa shape index (κ3) is 5.71. The molecule has 1 nitrogen and oxygen atoms in total. The highest BCUT2D eigenvalue weighted by Gasteiger charge is 2.22. The second kappa shape index (κ2) is 6.05. The predicted molar refractivity (Wildman–Crippen MR) is 57.6 cm³/mol. The summed E-state index contributed by atoms with van der Waals surface area (Å²) in [6.07, 6.45) is 1.79. The van der Waals surface area contributed by atoms with Gasteiger partial charge in [0.25, 0.3) is 0 Å². The summed E-state index contributed by atoms with van der Waals surface area (Å²) < 4.78 is 5.73. The summed E-state index contributed by atoms with van der Waals surface area (Å²) in [4.78, 5) is 0. The molecule has 0 aliphatic heterocycles. The van der Waals surface area contributed by atoms with Crippen LogP contribution in [0.25, 0.3) is 0 Å². The molecule has 0 aromatic rings. The minimum absolute atomic E-state index is 0.0199. The van der Waals surface area contributed by atoms with Gasteiger partial charge in [-0.25, -0.2) is 0 Å². The monoisotopic (exact) mass is 182 g/mol. The Morgan fingerprint density at radius 1 is 1.23 bits per heavy atom. The molecule has 76 valence electrons. The van der Waals surface area contributed by atoms with E-state index in [0.29, 0.717) is 5.92 Å². The fourth-order valence-electron chi connectivity index (χ4n) is 0.745. The Balaban J connectivity index is 3.64. The highest BCUT2D eigenvalue weighted by atomic mass is 16.5. The molecule has 0 unspecified atom stereocenters. The Morgan fingerprint density at radius 2 is 1.85 bits per heavy atom. The largest absolute Gasteiger partial charge is 0.374 e. The number of hydrogen-bond acceptors (Lipinski definition) is 1. The summed E-state index contributed by atoms with van der Waals surface area (Å²) in [5.74, 6) is 6.65. The van der Waals surface area contributed by atoms with Gasteiger partial charge < -0.3 is 4.74 Å². The van der Waals surface area contributed by atoms with E-state index in [4.69, 9.17) is 4.74 Å². The molecule has 1 heteroatoms. The van der Waals surface area contributed by atoms with Crippen molar-refractivity contribution in [1.29, 1.82) is 0 Å². The maximum Gasteiger partial charge on any atom is 0.0649 e. The molecule has 13 heavy (non-hydrogen) atoms. The van der Waals surface area contributed by atoms with E-state index in [1.165, 1.54) is 0 Å². The molecule has 0 spiro atoms. The highest BCUT2D eigenvalue weighted by Crippen LogP contribution is 2.20. The molecule has 0 N–H and O–H groups in total. The van der Waals surface area contributed by atoms with Crippen molar-refractivity contribution in [3.05, 3.63) is 0 Å². The Kier molecular flexibility index (Phi) is 5.82. The van der Waals surface area contributed by atoms with Crippen molar-refractivity contribution in [3.8, 4) is 11.8 Å². The van der Waals surface area contributed by atoms with Crippen LogP contribution in [-0.2, 0) is 4.74 Å². The summed E-state index contributed by atoms with van der Waals surface area (Å²) in [5.41, 5.74) is -0.0199. The molecule has 0 aromatic heterocycles. The summed E-state index contributed by atoms with van der Waals surface area (Å²) in [7, 11) is 0. The summed E-state index contributed by atoms with van der Waals surface area (Å²) in [5, 5.41) is 0. The van der Waals surface area contributed by atoms with Crippen LogP contribution in [0.15, 0.2) is 0 Å². The summed E-state index contributed by atoms with van der Waals surface area (Å²) in [6, 6.07) is 0. The Morgan fingerprint density at radius 3 is 2.31 bits per heavy atom. The van der Waals surface area contributed by atoms with Crippen molar-refractivity contribution < 1.29 is 4.74 Å². The summed E-state index contributed by atoms with van der Waals surface area (Å²) >= 11 is 0. The first-order valence-electron chi connectivity index (χ1n) is 5.10. The normalized spacial score (nSPS) is 11.2. The molecule has 0 aromatic carbocycles. The molecule has 0 saturated heterocycles. The lowest BCUT2D eigenvalue weighted by molar-refractivity contribution is -0.0475. The highest BCUT2D eigenvalue weighted by molar-refractivity contribution is 4.97. The van der Waals surface area contributed by atoms with Crippen LogP contribution in [0, 0.1) is 17.8 Å². The molecule has 0 atom stereocenters. The maximum absolute atomic E-state index is 5.73. The Bertz CT molecular complexity index is 181. The lowest BCUT2D eigenvalue weighted by atomic mass is 9.95. The predicted octanol–water partition coefficient (Wildman–Crippen LogP) is 3.24. The van der Waals surface area contributed by atoms with E-state index in [-0.39, 0.29) is 5.60 Å². The van der Waals surface area contributed by atoms with E-state index in [2.05, 4.69) is 46.5 Å². The Labute approximate surface area is 82.9 Å². The van der Waals surface area contributed by atoms with Gasteiger partial charge in [-0.2, -0.15) is 0 Å². The average Bonchev–Trinajstić information content (AvgIpc) is 2.03. The van der Waals surface area contributed by atoms with Gasteiger partial charge in [0, 0.05) is 12.8 Å². The zero-order valence-corrected chi connectivity index (χ0v) is 9.61. The van der Waals surface area contributed by atoms with Gasteiger partial charge in [-0.05, 0) is 19.8 Å². The molecular formula is C12H22O. The Hall–Kier alpha value is -0.480. The smallest absolute Gasteiger partial charge is 0.0649 e. The van der Waals surface area contributed by atoms with E-state index < -0.39 is 0 Å². The second-order valence-electron chi connectivity index (χ2n) is 4.06. The lowest BCUT2D eigenvalue weighted by Crippen LogP contribution is -2.31. The van der Waals surface area contributed by atoms with Gasteiger partial charge in [0.05, 0.1) is 12.2 Å². The van der Waals surface area contributed by atoms with Gasteiger partial charge >= 0.3 is 0 Å². The van der Waals surface area contributed by atoms with Crippen molar-refractivity contribution in [1.82, 2.24) is 0 Å². The zero-order valence-electron chi connectivity index (χ0n) is 9.61. The third-order valence-corrected chi connectivity index (χ3v) is 2.39. The first-order chi connectivity index (χ1) is 6.00. The first-order valence-corrected chi connectivity index (χ1v) is 5.10. The quantitative estimate of drug-likeness (QED) is 0.479. The van der Waals surface area contributed by atoms with Gasteiger partial charge in [0.15, 0.2) is 0 Å². The average molecular weight is 182 g/mol. The SMILES string of the molecule is CCC#CCCOC(C)(C)C(C)C. The maximum atomic E-state index is 5.73. The molecule has 0 rings (SSSR count). The minimum Gasteiger partial charge on any atom is -0.374 e. The van der Waals surface area contributed by atoms with Crippen molar-refractivity contribution in [2.45, 2.75) is 53.1 Å². The fraction of sp³-hybridized carbons (Fsp3) is 0.833. The molecule has 0 fully saturated rings. The van der Waals surface area contributed by atoms with Gasteiger partial charge in [-0.3, -0.25) is 0 Å². The van der Waals surface area contributed by atoms with Crippen LogP contribution in [-0.4, -0.2) is 12.2 Å². The summed E-state index contributed by atoms with van der Waals surface area (Å²) in [6.45, 7) is 11.4. The van der Waals surface area contributed by atoms with E-state index in [9.17, 15) is 0 Å². The van der Waals surface area contributed by atoms with Crippen molar-refractivity contribution in [3.63, 3.8) is 0 Å². The van der Waals surface area contributed by atoms with Crippen LogP contribution in [0.1, 0.15) is 47.5 Å². The van der Waals surface area contributed by atoms with Crippen LogP contribution in [0.2, 0.25) is 0 Å². The van der Waals surface area contributed by atoms with Gasteiger partial charge in [-0.15, -0.1) is 11.8 Å². The van der Waals surface area contributed by atoms with Crippen LogP contribution in [0.4, 0.5) is 0 Å². The molecule has 0 aliphatic carbocycles. The molecule has 0 heterocycles. The minimum atomic E-state index is -0.0199.